The molecule has 0 saturated heterocycles. The van der Waals surface area contributed by atoms with Crippen molar-refractivity contribution >= 4 is 34.1 Å². The minimum atomic E-state index is -4.48. The molecule has 1 amide bonds. The summed E-state index contributed by atoms with van der Waals surface area (Å²) in [6.45, 7) is 0.159. The van der Waals surface area contributed by atoms with Crippen LogP contribution in [-0.2, 0) is 0 Å². The molecule has 0 spiro atoms. The van der Waals surface area contributed by atoms with Gasteiger partial charge in [0, 0.05) is 15.8 Å². The van der Waals surface area contributed by atoms with Gasteiger partial charge in [0.2, 0.25) is 6.79 Å². The van der Waals surface area contributed by atoms with Crippen LogP contribution in [0.3, 0.4) is 0 Å². The zero-order chi connectivity index (χ0) is 19.7. The van der Waals surface area contributed by atoms with Gasteiger partial charge >= 0.3 is 5.51 Å². The van der Waals surface area contributed by atoms with Crippen LogP contribution in [0.15, 0.2) is 52.7 Å². The molecule has 0 fully saturated rings. The Morgan fingerprint density at radius 3 is 2.75 bits per heavy atom. The van der Waals surface area contributed by atoms with Gasteiger partial charge < -0.3 is 9.47 Å². The van der Waals surface area contributed by atoms with E-state index in [1.165, 1.54) is 35.6 Å². The number of thiazole rings is 1. The van der Waals surface area contributed by atoms with Crippen LogP contribution >= 0.6 is 23.1 Å². The molecular weight excluding hydrogens is 413 g/mol. The molecule has 2 aromatic carbocycles. The molecule has 0 unspecified atom stereocenters. The number of carbonyl (C=O) groups is 1. The van der Waals surface area contributed by atoms with E-state index in [-0.39, 0.29) is 34.1 Å². The van der Waals surface area contributed by atoms with Crippen molar-refractivity contribution in [2.24, 2.45) is 0 Å². The zero-order valence-electron chi connectivity index (χ0n) is 13.9. The highest BCUT2D eigenvalue weighted by atomic mass is 32.2. The third-order valence-corrected chi connectivity index (χ3v) is 5.32. The summed E-state index contributed by atoms with van der Waals surface area (Å²) in [6.07, 6.45) is 0. The second-order valence-electron chi connectivity index (χ2n) is 5.60. The predicted molar refractivity (Wildman–Crippen MR) is 100.0 cm³/mol. The van der Waals surface area contributed by atoms with Gasteiger partial charge in [-0.1, -0.05) is 12.1 Å². The molecule has 0 aliphatic carbocycles. The number of fused-ring (bicyclic) bond motifs is 1. The van der Waals surface area contributed by atoms with Crippen LogP contribution < -0.4 is 14.8 Å². The number of aromatic nitrogens is 1. The number of benzene rings is 2. The van der Waals surface area contributed by atoms with E-state index in [1.807, 2.05) is 6.07 Å². The molecule has 28 heavy (non-hydrogen) atoms. The molecule has 1 N–H and O–H groups in total. The molecule has 0 saturated carbocycles. The Bertz CT molecular complexity index is 1040. The number of ether oxygens (including phenoxy) is 2. The van der Waals surface area contributed by atoms with Crippen molar-refractivity contribution in [3.05, 3.63) is 53.4 Å². The summed E-state index contributed by atoms with van der Waals surface area (Å²) in [7, 11) is 0. The number of thioether (sulfide) groups is 1. The number of nitrogens with zero attached hydrogens (tertiary/aromatic N) is 1. The van der Waals surface area contributed by atoms with Crippen LogP contribution in [0.5, 0.6) is 11.5 Å². The Hall–Kier alpha value is -2.72. The molecular formula is C18H11F3N2O3S2. The number of anilines is 1. The number of amides is 1. The van der Waals surface area contributed by atoms with Crippen LogP contribution in [0, 0.1) is 0 Å². The number of carbonyl (C=O) groups excluding carboxylic acids is 1. The van der Waals surface area contributed by atoms with Gasteiger partial charge in [-0.15, -0.1) is 11.3 Å². The van der Waals surface area contributed by atoms with Gasteiger partial charge in [0.1, 0.15) is 0 Å². The van der Waals surface area contributed by atoms with E-state index in [0.29, 0.717) is 17.2 Å². The van der Waals surface area contributed by atoms with Gasteiger partial charge in [-0.25, -0.2) is 4.98 Å². The maximum Gasteiger partial charge on any atom is 0.446 e. The second kappa shape index (κ2) is 7.36. The van der Waals surface area contributed by atoms with Crippen molar-refractivity contribution in [2.75, 3.05) is 12.1 Å². The average molecular weight is 424 g/mol. The van der Waals surface area contributed by atoms with Crippen LogP contribution in [0.25, 0.3) is 11.3 Å². The first-order chi connectivity index (χ1) is 13.4. The summed E-state index contributed by atoms with van der Waals surface area (Å²) in [5.74, 6) is 0.597. The van der Waals surface area contributed by atoms with Crippen molar-refractivity contribution in [3.63, 3.8) is 0 Å². The lowest BCUT2D eigenvalue weighted by Crippen LogP contribution is -2.13. The minimum Gasteiger partial charge on any atom is -0.454 e. The normalized spacial score (nSPS) is 12.8. The fourth-order valence-corrected chi connectivity index (χ4v) is 3.93. The summed E-state index contributed by atoms with van der Waals surface area (Å²) in [6, 6.07) is 10.9. The van der Waals surface area contributed by atoms with Crippen molar-refractivity contribution in [3.8, 4) is 22.8 Å². The number of alkyl halides is 3. The summed E-state index contributed by atoms with van der Waals surface area (Å²) in [5, 5.41) is 4.58. The highest BCUT2D eigenvalue weighted by Crippen LogP contribution is 2.39. The monoisotopic (exact) mass is 424 g/mol. The lowest BCUT2D eigenvalue weighted by Gasteiger charge is -2.10. The summed E-state index contributed by atoms with van der Waals surface area (Å²) < 4.78 is 48.7. The number of halogens is 3. The molecule has 2 heterocycles. The largest absolute Gasteiger partial charge is 0.454 e. The molecule has 1 aromatic heterocycles. The Morgan fingerprint density at radius 1 is 1.14 bits per heavy atom. The van der Waals surface area contributed by atoms with E-state index in [2.05, 4.69) is 10.3 Å². The highest BCUT2D eigenvalue weighted by molar-refractivity contribution is 8.00. The topological polar surface area (TPSA) is 60.5 Å². The Kier molecular flexibility index (Phi) is 4.90. The number of rotatable bonds is 4. The quantitative estimate of drug-likeness (QED) is 0.568. The minimum absolute atomic E-state index is 0.0651. The number of hydrogen-bond donors (Lipinski definition) is 1. The third kappa shape index (κ3) is 4.07. The van der Waals surface area contributed by atoms with Crippen LogP contribution in [0.1, 0.15) is 10.4 Å². The van der Waals surface area contributed by atoms with Gasteiger partial charge in [0.15, 0.2) is 16.6 Å². The fraction of sp³-hybridized carbons (Fsp3) is 0.111. The summed E-state index contributed by atoms with van der Waals surface area (Å²) in [4.78, 5) is 16.6. The van der Waals surface area contributed by atoms with Crippen LogP contribution in [0.4, 0.5) is 18.3 Å². The van der Waals surface area contributed by atoms with Crippen molar-refractivity contribution in [1.82, 2.24) is 4.98 Å². The van der Waals surface area contributed by atoms with Crippen molar-refractivity contribution < 1.29 is 27.4 Å². The Morgan fingerprint density at radius 2 is 1.93 bits per heavy atom. The third-order valence-electron chi connectivity index (χ3n) is 3.75. The Labute approximate surface area is 165 Å². The summed E-state index contributed by atoms with van der Waals surface area (Å²) >= 11 is 0.852. The van der Waals surface area contributed by atoms with E-state index < -0.39 is 11.4 Å². The molecule has 1 aliphatic heterocycles. The van der Waals surface area contributed by atoms with E-state index in [9.17, 15) is 18.0 Å². The smallest absolute Gasteiger partial charge is 0.446 e. The average Bonchev–Trinajstić information content (AvgIpc) is 3.29. The zero-order valence-corrected chi connectivity index (χ0v) is 15.6. The van der Waals surface area contributed by atoms with E-state index >= 15 is 0 Å². The molecule has 0 radical (unpaired) electrons. The first kappa shape index (κ1) is 18.6. The van der Waals surface area contributed by atoms with E-state index in [4.69, 9.17) is 9.47 Å². The fourth-order valence-electron chi connectivity index (χ4n) is 2.55. The molecule has 1 aliphatic rings. The standard InChI is InChI=1S/C18H11F3N2O3S2/c19-18(20,21)28-15-4-2-1-3-11(15)16(24)23-17-22-12(8-27-17)10-5-6-13-14(7-10)26-9-25-13/h1-8H,9H2,(H,22,23,24). The summed E-state index contributed by atoms with van der Waals surface area (Å²) in [5.41, 5.74) is -3.17. The molecule has 5 nitrogen and oxygen atoms in total. The highest BCUT2D eigenvalue weighted by Gasteiger charge is 2.31. The molecule has 144 valence electrons. The molecule has 3 aromatic rings. The number of nitrogens with one attached hydrogen (secondary N) is 1. The first-order valence-electron chi connectivity index (χ1n) is 7.91. The lowest BCUT2D eigenvalue weighted by atomic mass is 10.1. The van der Waals surface area contributed by atoms with Crippen LogP contribution in [-0.4, -0.2) is 23.2 Å². The maximum absolute atomic E-state index is 12.7. The van der Waals surface area contributed by atoms with Gasteiger partial charge in [-0.3, -0.25) is 10.1 Å². The van der Waals surface area contributed by atoms with E-state index in [0.717, 1.165) is 5.56 Å². The van der Waals surface area contributed by atoms with Crippen molar-refractivity contribution in [1.29, 1.82) is 0 Å². The number of hydrogen-bond acceptors (Lipinski definition) is 6. The molecule has 0 bridgehead atoms. The first-order valence-corrected chi connectivity index (χ1v) is 9.60. The maximum atomic E-state index is 12.7. The SMILES string of the molecule is O=C(Nc1nc(-c2ccc3c(c2)OCO3)cs1)c1ccccc1SC(F)(F)F. The van der Waals surface area contributed by atoms with Crippen molar-refractivity contribution in [2.45, 2.75) is 10.4 Å². The van der Waals surface area contributed by atoms with Crippen LogP contribution in [0.2, 0.25) is 0 Å². The van der Waals surface area contributed by atoms with Gasteiger partial charge in [0.25, 0.3) is 5.91 Å². The second-order valence-corrected chi connectivity index (χ2v) is 7.57. The van der Waals surface area contributed by atoms with E-state index in [1.54, 1.807) is 17.5 Å². The predicted octanol–water partition coefficient (Wildman–Crippen LogP) is 5.40. The Balaban J connectivity index is 1.52. The molecule has 10 heteroatoms. The van der Waals surface area contributed by atoms with Gasteiger partial charge in [-0.2, -0.15) is 13.2 Å². The molecule has 0 atom stereocenters. The lowest BCUT2D eigenvalue weighted by molar-refractivity contribution is -0.0328. The molecule has 4 rings (SSSR count). The van der Waals surface area contributed by atoms with Gasteiger partial charge in [0.05, 0.1) is 11.3 Å². The van der Waals surface area contributed by atoms with Gasteiger partial charge in [-0.05, 0) is 42.1 Å².